The predicted molar refractivity (Wildman–Crippen MR) is 105 cm³/mol. The fourth-order valence-corrected chi connectivity index (χ4v) is 3.93. The molecule has 3 rings (SSSR count). The van der Waals surface area contributed by atoms with E-state index in [1.54, 1.807) is 12.1 Å². The van der Waals surface area contributed by atoms with E-state index in [0.717, 1.165) is 44.5 Å². The number of aromatic hydroxyl groups is 1. The number of carbonyl (C=O) groups is 2. The molecule has 7 heteroatoms. The molecule has 27 heavy (non-hydrogen) atoms. The summed E-state index contributed by atoms with van der Waals surface area (Å²) in [6.07, 6.45) is 5.48. The van der Waals surface area contributed by atoms with Crippen molar-refractivity contribution in [1.82, 2.24) is 15.5 Å². The van der Waals surface area contributed by atoms with Gasteiger partial charge < -0.3 is 15.3 Å². The number of benzene rings is 1. The molecule has 1 aromatic rings. The molecule has 0 unspecified atom stereocenters. The number of phenolic OH excluding ortho intramolecular Hbond substituents is 1. The van der Waals surface area contributed by atoms with Crippen LogP contribution in [-0.2, 0) is 4.79 Å². The van der Waals surface area contributed by atoms with Crippen LogP contribution in [0.2, 0.25) is 0 Å². The summed E-state index contributed by atoms with van der Waals surface area (Å²) in [7, 11) is 0. The van der Waals surface area contributed by atoms with Crippen LogP contribution >= 0.6 is 0 Å². The third-order valence-corrected chi connectivity index (χ3v) is 5.64. The van der Waals surface area contributed by atoms with Crippen LogP contribution in [0.3, 0.4) is 0 Å². The van der Waals surface area contributed by atoms with E-state index in [1.165, 1.54) is 6.42 Å². The normalized spacial score (nSPS) is 20.1. The number of piperazine rings is 1. The number of anilines is 1. The summed E-state index contributed by atoms with van der Waals surface area (Å²) >= 11 is 0. The molecule has 148 valence electrons. The minimum atomic E-state index is -0.383. The summed E-state index contributed by atoms with van der Waals surface area (Å²) in [5, 5.41) is 15.4. The van der Waals surface area contributed by atoms with Crippen LogP contribution in [0.5, 0.6) is 5.75 Å². The molecule has 0 aromatic heterocycles. The highest BCUT2D eigenvalue weighted by molar-refractivity contribution is 5.96. The fraction of sp³-hybridized carbons (Fsp3) is 0.600. The number of amides is 3. The van der Waals surface area contributed by atoms with Gasteiger partial charge in [-0.3, -0.25) is 15.0 Å². The van der Waals surface area contributed by atoms with Gasteiger partial charge in [0.1, 0.15) is 5.75 Å². The molecule has 0 radical (unpaired) electrons. The van der Waals surface area contributed by atoms with Crippen molar-refractivity contribution in [2.45, 2.75) is 51.1 Å². The third-order valence-electron chi connectivity index (χ3n) is 5.64. The Kier molecular flexibility index (Phi) is 6.55. The zero-order chi connectivity index (χ0) is 19.2. The molecule has 7 nitrogen and oxygen atoms in total. The number of hydrogen-bond donors (Lipinski definition) is 3. The Hall–Kier alpha value is -2.28. The first-order valence-corrected chi connectivity index (χ1v) is 9.93. The lowest BCUT2D eigenvalue weighted by Crippen LogP contribution is -2.56. The van der Waals surface area contributed by atoms with E-state index >= 15 is 0 Å². The zero-order valence-corrected chi connectivity index (χ0v) is 16.0. The Morgan fingerprint density at radius 1 is 1.07 bits per heavy atom. The second kappa shape index (κ2) is 9.08. The first-order valence-electron chi connectivity index (χ1n) is 9.93. The predicted octanol–water partition coefficient (Wildman–Crippen LogP) is 2.06. The standard InChI is InChI=1S/C20H30N4O3/c1-15(19(26)22-20(27)21-16-7-3-2-4-8-16)23-11-13-24(14-12-23)17-9-5-6-10-18(17)25/h5-6,9-10,15-16,25H,2-4,7-8,11-14H2,1H3,(H2,21,22,26,27)/t15-/m1/s1. The number of carbonyl (C=O) groups excluding carboxylic acids is 2. The van der Waals surface area contributed by atoms with E-state index in [-0.39, 0.29) is 29.8 Å². The lowest BCUT2D eigenvalue weighted by Gasteiger charge is -2.38. The Morgan fingerprint density at radius 3 is 2.41 bits per heavy atom. The van der Waals surface area contributed by atoms with Crippen molar-refractivity contribution in [3.05, 3.63) is 24.3 Å². The topological polar surface area (TPSA) is 84.9 Å². The average Bonchev–Trinajstić information content (AvgIpc) is 2.68. The van der Waals surface area contributed by atoms with Crippen molar-refractivity contribution >= 4 is 17.6 Å². The van der Waals surface area contributed by atoms with Gasteiger partial charge in [-0.15, -0.1) is 0 Å². The first-order chi connectivity index (χ1) is 13.0. The maximum atomic E-state index is 12.4. The number of para-hydroxylation sites is 2. The van der Waals surface area contributed by atoms with Gasteiger partial charge in [0.05, 0.1) is 11.7 Å². The summed E-state index contributed by atoms with van der Waals surface area (Å²) in [4.78, 5) is 28.7. The van der Waals surface area contributed by atoms with Gasteiger partial charge in [-0.2, -0.15) is 0 Å². The lowest BCUT2D eigenvalue weighted by molar-refractivity contribution is -0.124. The fourth-order valence-electron chi connectivity index (χ4n) is 3.93. The van der Waals surface area contributed by atoms with E-state index in [2.05, 4.69) is 20.4 Å². The highest BCUT2D eigenvalue weighted by Gasteiger charge is 2.27. The molecule has 2 aliphatic rings. The summed E-state index contributed by atoms with van der Waals surface area (Å²) in [5.74, 6) is 0.00967. The second-order valence-electron chi connectivity index (χ2n) is 7.49. The molecule has 1 aromatic carbocycles. The quantitative estimate of drug-likeness (QED) is 0.751. The summed E-state index contributed by atoms with van der Waals surface area (Å²) in [5.41, 5.74) is 0.820. The van der Waals surface area contributed by atoms with Gasteiger partial charge in [0.15, 0.2) is 0 Å². The highest BCUT2D eigenvalue weighted by Crippen LogP contribution is 2.27. The van der Waals surface area contributed by atoms with Crippen LogP contribution < -0.4 is 15.5 Å². The molecular formula is C20H30N4O3. The van der Waals surface area contributed by atoms with E-state index in [4.69, 9.17) is 0 Å². The average molecular weight is 374 g/mol. The Morgan fingerprint density at radius 2 is 1.74 bits per heavy atom. The first kappa shape index (κ1) is 19.5. The van der Waals surface area contributed by atoms with Gasteiger partial charge in [0.2, 0.25) is 5.91 Å². The molecule has 1 saturated heterocycles. The number of hydrogen-bond acceptors (Lipinski definition) is 5. The molecule has 1 saturated carbocycles. The molecule has 1 atom stereocenters. The molecule has 1 aliphatic carbocycles. The van der Waals surface area contributed by atoms with Crippen LogP contribution in [0.1, 0.15) is 39.0 Å². The molecule has 0 bridgehead atoms. The zero-order valence-electron chi connectivity index (χ0n) is 16.0. The molecule has 3 amide bonds. The minimum absolute atomic E-state index is 0.184. The number of rotatable bonds is 4. The van der Waals surface area contributed by atoms with Gasteiger partial charge >= 0.3 is 6.03 Å². The smallest absolute Gasteiger partial charge is 0.321 e. The van der Waals surface area contributed by atoms with Crippen LogP contribution in [0, 0.1) is 0 Å². The number of nitrogens with zero attached hydrogens (tertiary/aromatic N) is 2. The summed E-state index contributed by atoms with van der Waals surface area (Å²) in [6.45, 7) is 4.69. The van der Waals surface area contributed by atoms with E-state index < -0.39 is 0 Å². The van der Waals surface area contributed by atoms with Crippen LogP contribution in [0.15, 0.2) is 24.3 Å². The molecule has 1 aliphatic heterocycles. The number of urea groups is 1. The van der Waals surface area contributed by atoms with Crippen molar-refractivity contribution in [3.63, 3.8) is 0 Å². The maximum Gasteiger partial charge on any atom is 0.321 e. The van der Waals surface area contributed by atoms with Crippen molar-refractivity contribution in [2.75, 3.05) is 31.1 Å². The van der Waals surface area contributed by atoms with Crippen molar-refractivity contribution in [3.8, 4) is 5.75 Å². The second-order valence-corrected chi connectivity index (χ2v) is 7.49. The molecule has 0 spiro atoms. The lowest BCUT2D eigenvalue weighted by atomic mass is 9.96. The number of nitrogens with one attached hydrogen (secondary N) is 2. The van der Waals surface area contributed by atoms with Crippen LogP contribution in [-0.4, -0.2) is 60.2 Å². The van der Waals surface area contributed by atoms with Crippen molar-refractivity contribution < 1.29 is 14.7 Å². The highest BCUT2D eigenvalue weighted by atomic mass is 16.3. The number of imide groups is 1. The van der Waals surface area contributed by atoms with Gasteiger partial charge in [0.25, 0.3) is 0 Å². The Labute approximate surface area is 160 Å². The molecule has 3 N–H and O–H groups in total. The third kappa shape index (κ3) is 5.13. The van der Waals surface area contributed by atoms with Crippen LogP contribution in [0.4, 0.5) is 10.5 Å². The molecular weight excluding hydrogens is 344 g/mol. The summed E-state index contributed by atoms with van der Waals surface area (Å²) < 4.78 is 0. The van der Waals surface area contributed by atoms with E-state index in [9.17, 15) is 14.7 Å². The van der Waals surface area contributed by atoms with Gasteiger partial charge in [-0.1, -0.05) is 31.4 Å². The van der Waals surface area contributed by atoms with E-state index in [1.807, 2.05) is 19.1 Å². The number of phenols is 1. The SMILES string of the molecule is C[C@H](C(=O)NC(=O)NC1CCCCC1)N1CCN(c2ccccc2O)CC1. The van der Waals surface area contributed by atoms with Gasteiger partial charge in [-0.25, -0.2) is 4.79 Å². The minimum Gasteiger partial charge on any atom is -0.506 e. The summed E-state index contributed by atoms with van der Waals surface area (Å²) in [6, 6.07) is 6.73. The Balaban J connectivity index is 1.45. The maximum absolute atomic E-state index is 12.4. The molecule has 2 fully saturated rings. The van der Waals surface area contributed by atoms with E-state index in [0.29, 0.717) is 13.1 Å². The van der Waals surface area contributed by atoms with Crippen molar-refractivity contribution in [1.29, 1.82) is 0 Å². The van der Waals surface area contributed by atoms with Gasteiger partial charge in [0, 0.05) is 32.2 Å². The van der Waals surface area contributed by atoms with Crippen molar-refractivity contribution in [2.24, 2.45) is 0 Å². The Bertz CT molecular complexity index is 652. The largest absolute Gasteiger partial charge is 0.506 e. The van der Waals surface area contributed by atoms with Gasteiger partial charge in [-0.05, 0) is 31.9 Å². The molecule has 1 heterocycles. The monoisotopic (exact) mass is 374 g/mol. The van der Waals surface area contributed by atoms with Crippen LogP contribution in [0.25, 0.3) is 0 Å².